The number of hydrogen-bond donors (Lipinski definition) is 1. The van der Waals surface area contributed by atoms with E-state index in [0.29, 0.717) is 17.7 Å². The summed E-state index contributed by atoms with van der Waals surface area (Å²) in [6, 6.07) is 5.34. The van der Waals surface area contributed by atoms with E-state index >= 15 is 0 Å². The molecule has 0 bridgehead atoms. The van der Waals surface area contributed by atoms with Gasteiger partial charge in [-0.3, -0.25) is 0 Å². The molecule has 0 aromatic heterocycles. The first-order valence-corrected chi connectivity index (χ1v) is 9.35. The van der Waals surface area contributed by atoms with Gasteiger partial charge in [-0.15, -0.1) is 6.58 Å². The molecule has 0 fully saturated rings. The number of aromatic hydroxyl groups is 1. The summed E-state index contributed by atoms with van der Waals surface area (Å²) in [5, 5.41) is 10.1. The second-order valence-corrected chi connectivity index (χ2v) is 7.23. The van der Waals surface area contributed by atoms with Crippen LogP contribution in [0.3, 0.4) is 0 Å². The zero-order chi connectivity index (χ0) is 20.4. The zero-order valence-corrected chi connectivity index (χ0v) is 17.2. The summed E-state index contributed by atoms with van der Waals surface area (Å²) < 4.78 is 4.99. The molecule has 0 saturated carbocycles. The van der Waals surface area contributed by atoms with E-state index in [4.69, 9.17) is 4.74 Å². The molecule has 146 valence electrons. The first-order valence-electron chi connectivity index (χ1n) is 9.35. The molecule has 3 nitrogen and oxygen atoms in total. The van der Waals surface area contributed by atoms with Gasteiger partial charge in [0.25, 0.3) is 0 Å². The minimum Gasteiger partial charge on any atom is -0.507 e. The van der Waals surface area contributed by atoms with Crippen LogP contribution in [0.1, 0.15) is 58.6 Å². The average Bonchev–Trinajstić information content (AvgIpc) is 2.62. The summed E-state index contributed by atoms with van der Waals surface area (Å²) in [6.07, 6.45) is 12.0. The van der Waals surface area contributed by atoms with E-state index in [0.717, 1.165) is 18.4 Å². The number of benzene rings is 1. The summed E-state index contributed by atoms with van der Waals surface area (Å²) in [7, 11) is 0. The highest BCUT2D eigenvalue weighted by molar-refractivity contribution is 5.93. The normalized spacial score (nSPS) is 13.9. The SMILES string of the molecule is C=C[C@@](C)(/C=C/c1ccc(O)c(/C=C(\C)C(=O)OCC)c1)CCC=C(C)C. The molecule has 1 N–H and O–H groups in total. The van der Waals surface area contributed by atoms with Gasteiger partial charge in [-0.2, -0.15) is 0 Å². The zero-order valence-electron chi connectivity index (χ0n) is 17.2. The molecule has 0 amide bonds. The summed E-state index contributed by atoms with van der Waals surface area (Å²) in [5.74, 6) is -0.248. The molecule has 1 rings (SSSR count). The van der Waals surface area contributed by atoms with Crippen LogP contribution in [0.25, 0.3) is 12.2 Å². The minimum atomic E-state index is -0.378. The topological polar surface area (TPSA) is 46.5 Å². The summed E-state index contributed by atoms with van der Waals surface area (Å²) in [5.41, 5.74) is 3.20. The van der Waals surface area contributed by atoms with Gasteiger partial charge in [0.05, 0.1) is 6.61 Å². The highest BCUT2D eigenvalue weighted by Gasteiger charge is 2.15. The maximum Gasteiger partial charge on any atom is 0.333 e. The summed E-state index contributed by atoms with van der Waals surface area (Å²) in [6.45, 7) is 14.1. The molecule has 0 aliphatic heterocycles. The Morgan fingerprint density at radius 1 is 1.30 bits per heavy atom. The van der Waals surface area contributed by atoms with Gasteiger partial charge in [0, 0.05) is 16.6 Å². The molecule has 1 aromatic carbocycles. The maximum absolute atomic E-state index is 11.8. The monoisotopic (exact) mass is 368 g/mol. The van der Waals surface area contributed by atoms with Gasteiger partial charge in [0.15, 0.2) is 0 Å². The van der Waals surface area contributed by atoms with E-state index in [-0.39, 0.29) is 17.1 Å². The van der Waals surface area contributed by atoms with Gasteiger partial charge in [0.2, 0.25) is 0 Å². The molecule has 0 saturated heterocycles. The lowest BCUT2D eigenvalue weighted by Crippen LogP contribution is -2.08. The molecule has 1 atom stereocenters. The lowest BCUT2D eigenvalue weighted by molar-refractivity contribution is -0.138. The van der Waals surface area contributed by atoms with Crippen molar-refractivity contribution >= 4 is 18.1 Å². The standard InChI is InChI=1S/C24H32O3/c1-7-24(6,14-9-10-18(3)4)15-13-20-11-12-22(25)21(17-20)16-19(5)23(26)27-8-2/h7,10-13,15-17,25H,1,8-9,14H2,2-6H3/b15-13+,19-16+/t24-/m1/s1. The minimum absolute atomic E-state index is 0.110. The van der Waals surface area contributed by atoms with Crippen molar-refractivity contribution in [1.82, 2.24) is 0 Å². The maximum atomic E-state index is 11.8. The average molecular weight is 369 g/mol. The predicted octanol–water partition coefficient (Wildman–Crippen LogP) is 6.31. The van der Waals surface area contributed by atoms with Gasteiger partial charge in [-0.25, -0.2) is 4.79 Å². The Bertz CT molecular complexity index is 749. The third kappa shape index (κ3) is 7.69. The number of hydrogen-bond acceptors (Lipinski definition) is 3. The van der Waals surface area contributed by atoms with Crippen LogP contribution in [0.5, 0.6) is 5.75 Å². The second-order valence-electron chi connectivity index (χ2n) is 7.23. The van der Waals surface area contributed by atoms with Crippen molar-refractivity contribution in [2.24, 2.45) is 5.41 Å². The van der Waals surface area contributed by atoms with Crippen molar-refractivity contribution in [2.75, 3.05) is 6.61 Å². The Labute approximate surface area is 163 Å². The van der Waals surface area contributed by atoms with Gasteiger partial charge < -0.3 is 9.84 Å². The molecular formula is C24H32O3. The quantitative estimate of drug-likeness (QED) is 0.315. The number of phenols is 1. The Kier molecular flexibility index (Phi) is 8.80. The molecule has 27 heavy (non-hydrogen) atoms. The van der Waals surface area contributed by atoms with E-state index in [1.165, 1.54) is 5.57 Å². The smallest absolute Gasteiger partial charge is 0.333 e. The Morgan fingerprint density at radius 2 is 2.00 bits per heavy atom. The Balaban J connectivity index is 3.02. The van der Waals surface area contributed by atoms with Crippen molar-refractivity contribution in [2.45, 2.75) is 47.5 Å². The Morgan fingerprint density at radius 3 is 2.59 bits per heavy atom. The fourth-order valence-corrected chi connectivity index (χ4v) is 2.54. The van der Waals surface area contributed by atoms with E-state index in [1.54, 1.807) is 26.0 Å². The van der Waals surface area contributed by atoms with E-state index in [1.807, 2.05) is 24.3 Å². The molecular weight excluding hydrogens is 336 g/mol. The van der Waals surface area contributed by atoms with Crippen LogP contribution < -0.4 is 0 Å². The van der Waals surface area contributed by atoms with Crippen LogP contribution >= 0.6 is 0 Å². The molecule has 0 radical (unpaired) electrons. The van der Waals surface area contributed by atoms with Crippen molar-refractivity contribution in [3.63, 3.8) is 0 Å². The molecule has 1 aromatic rings. The van der Waals surface area contributed by atoms with Crippen molar-refractivity contribution in [3.05, 3.63) is 65.3 Å². The lowest BCUT2D eigenvalue weighted by Gasteiger charge is -2.20. The van der Waals surface area contributed by atoms with Gasteiger partial charge in [-0.1, -0.05) is 42.9 Å². The number of carbonyl (C=O) groups is 1. The highest BCUT2D eigenvalue weighted by atomic mass is 16.5. The number of rotatable bonds is 9. The van der Waals surface area contributed by atoms with Crippen molar-refractivity contribution in [1.29, 1.82) is 0 Å². The number of ether oxygens (including phenoxy) is 1. The number of carbonyl (C=O) groups excluding carboxylic acids is 1. The van der Waals surface area contributed by atoms with Gasteiger partial charge in [-0.05, 0) is 64.3 Å². The molecule has 3 heteroatoms. The van der Waals surface area contributed by atoms with Crippen LogP contribution in [0.15, 0.2) is 54.2 Å². The molecule has 0 unspecified atom stereocenters. The van der Waals surface area contributed by atoms with Gasteiger partial charge in [0.1, 0.15) is 5.75 Å². The van der Waals surface area contributed by atoms with Crippen LogP contribution in [-0.4, -0.2) is 17.7 Å². The third-order valence-electron chi connectivity index (χ3n) is 4.38. The first kappa shape index (κ1) is 22.5. The largest absolute Gasteiger partial charge is 0.507 e. The van der Waals surface area contributed by atoms with Crippen molar-refractivity contribution in [3.8, 4) is 5.75 Å². The Hall–Kier alpha value is -2.55. The van der Waals surface area contributed by atoms with Crippen LogP contribution in [0, 0.1) is 5.41 Å². The van der Waals surface area contributed by atoms with Crippen LogP contribution in [0.4, 0.5) is 0 Å². The predicted molar refractivity (Wildman–Crippen MR) is 114 cm³/mol. The number of esters is 1. The lowest BCUT2D eigenvalue weighted by atomic mass is 9.84. The van der Waals surface area contributed by atoms with Crippen LogP contribution in [-0.2, 0) is 9.53 Å². The highest BCUT2D eigenvalue weighted by Crippen LogP contribution is 2.29. The first-order chi connectivity index (χ1) is 12.7. The third-order valence-corrected chi connectivity index (χ3v) is 4.38. The van der Waals surface area contributed by atoms with E-state index in [9.17, 15) is 9.90 Å². The van der Waals surface area contributed by atoms with Crippen molar-refractivity contribution < 1.29 is 14.6 Å². The van der Waals surface area contributed by atoms with Gasteiger partial charge >= 0.3 is 5.97 Å². The summed E-state index contributed by atoms with van der Waals surface area (Å²) in [4.78, 5) is 11.8. The van der Waals surface area contributed by atoms with Crippen LogP contribution in [0.2, 0.25) is 0 Å². The second kappa shape index (κ2) is 10.6. The molecule has 0 aliphatic rings. The molecule has 0 spiro atoms. The number of allylic oxidation sites excluding steroid dienone is 4. The molecule has 0 aliphatic carbocycles. The summed E-state index contributed by atoms with van der Waals surface area (Å²) >= 11 is 0. The fraction of sp³-hybridized carbons (Fsp3) is 0.375. The molecule has 0 heterocycles. The fourth-order valence-electron chi connectivity index (χ4n) is 2.54. The number of phenolic OH excluding ortho intramolecular Hbond substituents is 1. The van der Waals surface area contributed by atoms with E-state index < -0.39 is 0 Å². The van der Waals surface area contributed by atoms with E-state index in [2.05, 4.69) is 39.5 Å².